The number of hydrogen-bond donors (Lipinski definition) is 2. The van der Waals surface area contributed by atoms with Crippen LogP contribution in [0.3, 0.4) is 0 Å². The molecule has 1 aromatic carbocycles. The third-order valence-corrected chi connectivity index (χ3v) is 2.48. The van der Waals surface area contributed by atoms with Crippen LogP contribution < -0.4 is 10.6 Å². The predicted octanol–water partition coefficient (Wildman–Crippen LogP) is 3.15. The van der Waals surface area contributed by atoms with E-state index >= 15 is 0 Å². The summed E-state index contributed by atoms with van der Waals surface area (Å²) in [5.74, 6) is 0.165. The number of rotatable bonds is 4. The molecular formula is C12H13ClFN5. The molecule has 5 nitrogen and oxygen atoms in total. The van der Waals surface area contributed by atoms with Crippen molar-refractivity contribution >= 4 is 29.2 Å². The number of nitrogens with one attached hydrogen (secondary N) is 2. The Labute approximate surface area is 115 Å². The van der Waals surface area contributed by atoms with Crippen LogP contribution in [0.5, 0.6) is 0 Å². The minimum Gasteiger partial charge on any atom is -0.354 e. The van der Waals surface area contributed by atoms with Gasteiger partial charge in [0.25, 0.3) is 0 Å². The molecule has 2 N–H and O–H groups in total. The summed E-state index contributed by atoms with van der Waals surface area (Å²) in [7, 11) is 0. The maximum absolute atomic E-state index is 13.7. The number of nitrogens with zero attached hydrogens (tertiary/aromatic N) is 3. The van der Waals surface area contributed by atoms with E-state index in [4.69, 9.17) is 11.6 Å². The van der Waals surface area contributed by atoms with Gasteiger partial charge in [0.1, 0.15) is 5.82 Å². The minimum absolute atomic E-state index is 0.0426. The number of halogens is 2. The van der Waals surface area contributed by atoms with E-state index in [1.807, 2.05) is 13.8 Å². The standard InChI is InChI=1S/C12H13ClFN5/c1-3-15-11-17-10(13)18-12(19-11)16-9-5-4-7(2)6-8(9)14/h4-6H,3H2,1-2H3,(H2,15,16,17,18,19). The summed E-state index contributed by atoms with van der Waals surface area (Å²) in [6.45, 7) is 4.37. The van der Waals surface area contributed by atoms with E-state index in [1.165, 1.54) is 6.07 Å². The largest absolute Gasteiger partial charge is 0.354 e. The normalized spacial score (nSPS) is 10.3. The lowest BCUT2D eigenvalue weighted by molar-refractivity contribution is 0.630. The van der Waals surface area contributed by atoms with Crippen LogP contribution in [0.4, 0.5) is 22.0 Å². The van der Waals surface area contributed by atoms with E-state index < -0.39 is 0 Å². The van der Waals surface area contributed by atoms with Crippen LogP contribution in [-0.2, 0) is 0 Å². The number of aromatic nitrogens is 3. The quantitative estimate of drug-likeness (QED) is 0.901. The number of benzene rings is 1. The lowest BCUT2D eigenvalue weighted by Gasteiger charge is -2.08. The first-order valence-electron chi connectivity index (χ1n) is 5.77. The Morgan fingerprint density at radius 3 is 2.63 bits per heavy atom. The molecule has 1 aromatic heterocycles. The highest BCUT2D eigenvalue weighted by Gasteiger charge is 2.07. The van der Waals surface area contributed by atoms with Crippen LogP contribution in [0.15, 0.2) is 18.2 Å². The Bertz CT molecular complexity index is 590. The summed E-state index contributed by atoms with van der Waals surface area (Å²) >= 11 is 5.78. The second-order valence-corrected chi connectivity index (χ2v) is 4.23. The molecular weight excluding hydrogens is 269 g/mol. The topological polar surface area (TPSA) is 62.7 Å². The molecule has 0 spiro atoms. The maximum Gasteiger partial charge on any atom is 0.233 e. The number of aryl methyl sites for hydroxylation is 1. The van der Waals surface area contributed by atoms with Crippen molar-refractivity contribution < 1.29 is 4.39 Å². The molecule has 0 amide bonds. The van der Waals surface area contributed by atoms with Gasteiger partial charge in [-0.25, -0.2) is 4.39 Å². The van der Waals surface area contributed by atoms with E-state index in [1.54, 1.807) is 12.1 Å². The summed E-state index contributed by atoms with van der Waals surface area (Å²) < 4.78 is 13.7. The van der Waals surface area contributed by atoms with Gasteiger partial charge in [0.2, 0.25) is 17.2 Å². The molecule has 0 saturated heterocycles. The van der Waals surface area contributed by atoms with Crippen molar-refractivity contribution in [2.75, 3.05) is 17.2 Å². The first kappa shape index (κ1) is 13.5. The molecule has 7 heteroatoms. The fourth-order valence-electron chi connectivity index (χ4n) is 1.49. The van der Waals surface area contributed by atoms with Crippen LogP contribution in [0.25, 0.3) is 0 Å². The number of hydrogen-bond acceptors (Lipinski definition) is 5. The monoisotopic (exact) mass is 281 g/mol. The highest BCUT2D eigenvalue weighted by atomic mass is 35.5. The molecule has 19 heavy (non-hydrogen) atoms. The Balaban J connectivity index is 2.27. The SMILES string of the molecule is CCNc1nc(Cl)nc(Nc2ccc(C)cc2F)n1. The van der Waals surface area contributed by atoms with Gasteiger partial charge in [0.05, 0.1) is 5.69 Å². The molecule has 0 aliphatic heterocycles. The van der Waals surface area contributed by atoms with E-state index in [2.05, 4.69) is 25.6 Å². The fraction of sp³-hybridized carbons (Fsp3) is 0.250. The molecule has 0 unspecified atom stereocenters. The Hall–Kier alpha value is -1.95. The number of anilines is 3. The molecule has 0 atom stereocenters. The lowest BCUT2D eigenvalue weighted by Crippen LogP contribution is -2.07. The summed E-state index contributed by atoms with van der Waals surface area (Å²) in [6, 6.07) is 4.84. The molecule has 0 radical (unpaired) electrons. The van der Waals surface area contributed by atoms with E-state index in [-0.39, 0.29) is 22.7 Å². The third-order valence-electron chi connectivity index (χ3n) is 2.31. The van der Waals surface area contributed by atoms with Gasteiger partial charge >= 0.3 is 0 Å². The van der Waals surface area contributed by atoms with Gasteiger partial charge in [-0.05, 0) is 43.1 Å². The molecule has 2 rings (SSSR count). The van der Waals surface area contributed by atoms with E-state index in [0.717, 1.165) is 5.56 Å². The molecule has 2 aromatic rings. The van der Waals surface area contributed by atoms with Gasteiger partial charge in [0.15, 0.2) is 0 Å². The highest BCUT2D eigenvalue weighted by molar-refractivity contribution is 6.28. The molecule has 0 aliphatic rings. The highest BCUT2D eigenvalue weighted by Crippen LogP contribution is 2.20. The van der Waals surface area contributed by atoms with Crippen LogP contribution in [0.2, 0.25) is 5.28 Å². The van der Waals surface area contributed by atoms with Crippen molar-refractivity contribution in [3.63, 3.8) is 0 Å². The summed E-state index contributed by atoms with van der Waals surface area (Å²) in [4.78, 5) is 11.9. The van der Waals surface area contributed by atoms with Crippen molar-refractivity contribution in [2.45, 2.75) is 13.8 Å². The Morgan fingerprint density at radius 1 is 1.21 bits per heavy atom. The summed E-state index contributed by atoms with van der Waals surface area (Å²) in [5.41, 5.74) is 1.13. The van der Waals surface area contributed by atoms with Crippen LogP contribution in [0.1, 0.15) is 12.5 Å². The maximum atomic E-state index is 13.7. The summed E-state index contributed by atoms with van der Waals surface area (Å²) in [5, 5.41) is 5.74. The first-order valence-corrected chi connectivity index (χ1v) is 6.15. The van der Waals surface area contributed by atoms with Crippen LogP contribution in [0, 0.1) is 12.7 Å². The zero-order valence-corrected chi connectivity index (χ0v) is 11.3. The average Bonchev–Trinajstić information content (AvgIpc) is 2.32. The van der Waals surface area contributed by atoms with E-state index in [9.17, 15) is 4.39 Å². The zero-order valence-electron chi connectivity index (χ0n) is 10.5. The van der Waals surface area contributed by atoms with Crippen molar-refractivity contribution in [1.82, 2.24) is 15.0 Å². The van der Waals surface area contributed by atoms with Crippen LogP contribution >= 0.6 is 11.6 Å². The second kappa shape index (κ2) is 5.79. The minimum atomic E-state index is -0.374. The van der Waals surface area contributed by atoms with Gasteiger partial charge in [-0.1, -0.05) is 6.07 Å². The molecule has 0 saturated carbocycles. The van der Waals surface area contributed by atoms with Crippen molar-refractivity contribution in [3.05, 3.63) is 34.9 Å². The van der Waals surface area contributed by atoms with Gasteiger partial charge in [-0.2, -0.15) is 15.0 Å². The van der Waals surface area contributed by atoms with Gasteiger partial charge in [0, 0.05) is 6.54 Å². The van der Waals surface area contributed by atoms with Gasteiger partial charge in [-0.15, -0.1) is 0 Å². The second-order valence-electron chi connectivity index (χ2n) is 3.89. The third kappa shape index (κ3) is 3.51. The lowest BCUT2D eigenvalue weighted by atomic mass is 10.2. The zero-order chi connectivity index (χ0) is 13.8. The smallest absolute Gasteiger partial charge is 0.233 e. The molecule has 1 heterocycles. The van der Waals surface area contributed by atoms with Gasteiger partial charge < -0.3 is 10.6 Å². The van der Waals surface area contributed by atoms with Crippen molar-refractivity contribution in [1.29, 1.82) is 0 Å². The molecule has 0 fully saturated rings. The van der Waals surface area contributed by atoms with Gasteiger partial charge in [-0.3, -0.25) is 0 Å². The summed E-state index contributed by atoms with van der Waals surface area (Å²) in [6.07, 6.45) is 0. The molecule has 100 valence electrons. The predicted molar refractivity (Wildman–Crippen MR) is 73.4 cm³/mol. The average molecular weight is 282 g/mol. The fourth-order valence-corrected chi connectivity index (χ4v) is 1.65. The Kier molecular flexibility index (Phi) is 4.11. The van der Waals surface area contributed by atoms with E-state index in [0.29, 0.717) is 12.5 Å². The first-order chi connectivity index (χ1) is 9.08. The Morgan fingerprint density at radius 2 is 1.95 bits per heavy atom. The van der Waals surface area contributed by atoms with Crippen LogP contribution in [-0.4, -0.2) is 21.5 Å². The molecule has 0 aliphatic carbocycles. The van der Waals surface area contributed by atoms with Crippen molar-refractivity contribution in [2.24, 2.45) is 0 Å². The molecule has 0 bridgehead atoms. The van der Waals surface area contributed by atoms with Crippen molar-refractivity contribution in [3.8, 4) is 0 Å².